The van der Waals surface area contributed by atoms with Gasteiger partial charge in [0.1, 0.15) is 0 Å². The second-order valence-electron chi connectivity index (χ2n) is 10.9. The van der Waals surface area contributed by atoms with Gasteiger partial charge in [0.2, 0.25) is 5.91 Å². The average molecular weight is 638 g/mol. The maximum absolute atomic E-state index is 13.7. The molecule has 2 aromatic carbocycles. The molecule has 4 aromatic rings. The van der Waals surface area contributed by atoms with Gasteiger partial charge < -0.3 is 20.6 Å². The van der Waals surface area contributed by atoms with Crippen molar-refractivity contribution < 1.29 is 22.8 Å². The van der Waals surface area contributed by atoms with Crippen LogP contribution in [0.1, 0.15) is 44.9 Å². The van der Waals surface area contributed by atoms with Crippen LogP contribution in [0, 0.1) is 13.8 Å². The Labute approximate surface area is 260 Å². The van der Waals surface area contributed by atoms with Crippen molar-refractivity contribution in [1.29, 1.82) is 0 Å². The summed E-state index contributed by atoms with van der Waals surface area (Å²) in [6.45, 7) is 5.80. The van der Waals surface area contributed by atoms with E-state index in [4.69, 9.17) is 0 Å². The van der Waals surface area contributed by atoms with Crippen molar-refractivity contribution in [1.82, 2.24) is 30.4 Å². The molecule has 2 aliphatic heterocycles. The second-order valence-corrected chi connectivity index (χ2v) is 11.9. The molecule has 4 N–H and O–H groups in total. The van der Waals surface area contributed by atoms with E-state index < -0.39 is 17.6 Å². The summed E-state index contributed by atoms with van der Waals surface area (Å²) < 4.78 is 42.6. The molecule has 2 aliphatic rings. The summed E-state index contributed by atoms with van der Waals surface area (Å²) in [6, 6.07) is 8.37. The number of hydrogen-bond acceptors (Lipinski definition) is 9. The maximum atomic E-state index is 13.7. The van der Waals surface area contributed by atoms with Gasteiger partial charge in [0.15, 0.2) is 5.13 Å². The third kappa shape index (κ3) is 7.00. The number of imidazole rings is 1. The molecule has 4 heterocycles. The number of aryl methyl sites for hydroxylation is 2. The molecule has 2 amide bonds. The van der Waals surface area contributed by atoms with E-state index in [1.807, 2.05) is 6.92 Å². The number of aromatic nitrogens is 3. The number of carbonyl (C=O) groups excluding carboxylic acids is 2. The highest BCUT2D eigenvalue weighted by Crippen LogP contribution is 2.34. The molecule has 45 heavy (non-hydrogen) atoms. The largest absolute Gasteiger partial charge is 0.416 e. The molecule has 2 aromatic heterocycles. The van der Waals surface area contributed by atoms with Gasteiger partial charge in [0.05, 0.1) is 40.4 Å². The number of anilines is 3. The lowest BCUT2D eigenvalue weighted by atomic mass is 10.1. The molecule has 0 spiro atoms. The SMILES string of the molecule is Cc1cn(-c2cc(NC(=O)c3ccc(C)c(N4C=C(c5cnc(NC(=O)CN6CCCC6)s5)NN4)c3)cc(C(F)(F)F)c2)cn1. The number of thiazole rings is 1. The average Bonchev–Trinajstić information content (AvgIpc) is 3.81. The van der Waals surface area contributed by atoms with Crippen molar-refractivity contribution >= 4 is 45.4 Å². The van der Waals surface area contributed by atoms with E-state index in [1.54, 1.807) is 48.7 Å². The van der Waals surface area contributed by atoms with Crippen molar-refractivity contribution in [2.75, 3.05) is 35.3 Å². The maximum Gasteiger partial charge on any atom is 0.416 e. The molecule has 0 bridgehead atoms. The lowest BCUT2D eigenvalue weighted by Gasteiger charge is -2.19. The number of carbonyl (C=O) groups is 2. The number of nitrogens with one attached hydrogen (secondary N) is 4. The first-order valence-corrected chi connectivity index (χ1v) is 15.0. The number of halogens is 3. The predicted octanol–water partition coefficient (Wildman–Crippen LogP) is 5.08. The summed E-state index contributed by atoms with van der Waals surface area (Å²) in [5, 5.41) is 7.65. The highest BCUT2D eigenvalue weighted by Gasteiger charge is 2.32. The van der Waals surface area contributed by atoms with Crippen LogP contribution < -0.4 is 26.6 Å². The second kappa shape index (κ2) is 12.3. The number of amides is 2. The van der Waals surface area contributed by atoms with E-state index >= 15 is 0 Å². The number of nitrogens with zero attached hydrogens (tertiary/aromatic N) is 5. The molecule has 0 atom stereocenters. The standard InChI is InChI=1S/C30H30F3N9O2S/c1-18-5-6-20(28(44)36-22-10-21(30(31,32)33)11-23(12-22)41-14-19(2)35-17-41)9-25(18)42-15-24(38-39-42)26-13-34-29(45-26)37-27(43)16-40-7-3-4-8-40/h5-6,9-15,17,38-39H,3-4,7-8,16H2,1-2H3,(H,36,44)(H,34,37,43). The zero-order valence-corrected chi connectivity index (χ0v) is 25.2. The number of alkyl halides is 3. The summed E-state index contributed by atoms with van der Waals surface area (Å²) in [5.74, 6) is -0.675. The van der Waals surface area contributed by atoms with Gasteiger partial charge in [-0.1, -0.05) is 17.4 Å². The Morgan fingerprint density at radius 2 is 1.84 bits per heavy atom. The van der Waals surface area contributed by atoms with E-state index in [-0.39, 0.29) is 22.8 Å². The Hall–Kier alpha value is -4.73. The molecular weight excluding hydrogens is 607 g/mol. The van der Waals surface area contributed by atoms with Gasteiger partial charge in [-0.05, 0) is 75.7 Å². The number of benzene rings is 2. The molecule has 0 radical (unpaired) electrons. The Morgan fingerprint density at radius 3 is 2.58 bits per heavy atom. The van der Waals surface area contributed by atoms with Crippen molar-refractivity contribution in [3.8, 4) is 5.69 Å². The number of likely N-dealkylation sites (tertiary alicyclic amines) is 1. The molecule has 1 saturated heterocycles. The van der Waals surface area contributed by atoms with Crippen LogP contribution in [0.2, 0.25) is 0 Å². The molecule has 234 valence electrons. The van der Waals surface area contributed by atoms with Gasteiger partial charge in [-0.15, -0.1) is 5.53 Å². The van der Waals surface area contributed by atoms with Crippen LogP contribution >= 0.6 is 11.3 Å². The molecule has 1 fully saturated rings. The molecule has 0 unspecified atom stereocenters. The number of rotatable bonds is 8. The monoisotopic (exact) mass is 637 g/mol. The Balaban J connectivity index is 1.17. The first kappa shape index (κ1) is 30.3. The van der Waals surface area contributed by atoms with Crippen molar-refractivity contribution in [2.45, 2.75) is 32.9 Å². The fourth-order valence-corrected chi connectivity index (χ4v) is 5.90. The summed E-state index contributed by atoms with van der Waals surface area (Å²) >= 11 is 1.32. The van der Waals surface area contributed by atoms with Gasteiger partial charge in [-0.25, -0.2) is 9.97 Å². The van der Waals surface area contributed by atoms with Crippen LogP contribution in [0.5, 0.6) is 0 Å². The lowest BCUT2D eigenvalue weighted by Crippen LogP contribution is -2.36. The normalized spacial score (nSPS) is 15.2. The smallest absolute Gasteiger partial charge is 0.322 e. The Kier molecular flexibility index (Phi) is 8.31. The van der Waals surface area contributed by atoms with Crippen molar-refractivity contribution in [3.63, 3.8) is 0 Å². The molecule has 0 saturated carbocycles. The van der Waals surface area contributed by atoms with E-state index in [0.29, 0.717) is 28.8 Å². The zero-order chi connectivity index (χ0) is 31.7. The van der Waals surface area contributed by atoms with E-state index in [0.717, 1.165) is 48.5 Å². The molecule has 0 aliphatic carbocycles. The Bertz CT molecular complexity index is 1780. The summed E-state index contributed by atoms with van der Waals surface area (Å²) in [4.78, 5) is 37.0. The predicted molar refractivity (Wildman–Crippen MR) is 166 cm³/mol. The van der Waals surface area contributed by atoms with Crippen LogP contribution in [0.3, 0.4) is 0 Å². The van der Waals surface area contributed by atoms with E-state index in [1.165, 1.54) is 28.3 Å². The van der Waals surface area contributed by atoms with Gasteiger partial charge in [-0.2, -0.15) is 13.2 Å². The van der Waals surface area contributed by atoms with Crippen LogP contribution in [0.4, 0.5) is 29.7 Å². The van der Waals surface area contributed by atoms with Crippen LogP contribution in [0.15, 0.2) is 61.3 Å². The first-order valence-electron chi connectivity index (χ1n) is 14.2. The molecule has 15 heteroatoms. The topological polar surface area (TPSA) is 119 Å². The van der Waals surface area contributed by atoms with Gasteiger partial charge >= 0.3 is 6.18 Å². The fourth-order valence-electron chi connectivity index (χ4n) is 5.10. The first-order chi connectivity index (χ1) is 21.5. The minimum absolute atomic E-state index is 0.00466. The van der Waals surface area contributed by atoms with Crippen LogP contribution in [-0.2, 0) is 11.0 Å². The molecule has 11 nitrogen and oxygen atoms in total. The van der Waals surface area contributed by atoms with Gasteiger partial charge in [0, 0.05) is 35.5 Å². The highest BCUT2D eigenvalue weighted by atomic mass is 32.1. The summed E-state index contributed by atoms with van der Waals surface area (Å²) in [6.07, 6.45) is 4.07. The van der Waals surface area contributed by atoms with E-state index in [9.17, 15) is 22.8 Å². The van der Waals surface area contributed by atoms with Crippen LogP contribution in [-0.4, -0.2) is 50.9 Å². The van der Waals surface area contributed by atoms with E-state index in [2.05, 4.69) is 36.5 Å². The molecule has 6 rings (SSSR count). The van der Waals surface area contributed by atoms with Crippen LogP contribution in [0.25, 0.3) is 11.4 Å². The number of hydrogen-bond donors (Lipinski definition) is 4. The fraction of sp³-hybridized carbons (Fsp3) is 0.267. The minimum atomic E-state index is -4.61. The third-order valence-corrected chi connectivity index (χ3v) is 8.34. The zero-order valence-electron chi connectivity index (χ0n) is 24.4. The summed E-state index contributed by atoms with van der Waals surface area (Å²) in [7, 11) is 0. The number of hydrazine groups is 2. The highest BCUT2D eigenvalue weighted by molar-refractivity contribution is 7.16. The Morgan fingerprint density at radius 1 is 1.04 bits per heavy atom. The molecular formula is C30H30F3N9O2S. The summed E-state index contributed by atoms with van der Waals surface area (Å²) in [5.41, 5.74) is 8.51. The quantitative estimate of drug-likeness (QED) is 0.211. The third-order valence-electron chi connectivity index (χ3n) is 7.40. The van der Waals surface area contributed by atoms with Crippen molar-refractivity contribution in [2.24, 2.45) is 0 Å². The van der Waals surface area contributed by atoms with Crippen molar-refractivity contribution in [3.05, 3.63) is 88.6 Å². The minimum Gasteiger partial charge on any atom is -0.322 e. The van der Waals surface area contributed by atoms with Gasteiger partial charge in [0.25, 0.3) is 5.91 Å². The van der Waals surface area contributed by atoms with Gasteiger partial charge in [-0.3, -0.25) is 19.5 Å². The lowest BCUT2D eigenvalue weighted by molar-refractivity contribution is -0.137.